The third kappa shape index (κ3) is 2.30. The Morgan fingerprint density at radius 3 is 2.96 bits per heavy atom. The summed E-state index contributed by atoms with van der Waals surface area (Å²) in [4.78, 5) is 20.0. The van der Waals surface area contributed by atoms with E-state index < -0.39 is 0 Å². The van der Waals surface area contributed by atoms with Crippen LogP contribution in [0.25, 0.3) is 22.1 Å². The van der Waals surface area contributed by atoms with E-state index in [4.69, 9.17) is 9.15 Å². The number of ether oxygens (including phenoxy) is 1. The number of para-hydroxylation sites is 1. The fraction of sp³-hybridized carbons (Fsp3) is 0.105. The summed E-state index contributed by atoms with van der Waals surface area (Å²) in [5, 5.41) is 3.79. The van der Waals surface area contributed by atoms with Crippen LogP contribution in [0.5, 0.6) is 11.6 Å². The molecule has 122 valence electrons. The summed E-state index contributed by atoms with van der Waals surface area (Å²) < 4.78 is 11.8. The number of hydrogen-bond acceptors (Lipinski definition) is 5. The van der Waals surface area contributed by atoms with Crippen molar-refractivity contribution in [3.8, 4) is 11.6 Å². The lowest BCUT2D eigenvalue weighted by atomic mass is 10.0. The van der Waals surface area contributed by atoms with Gasteiger partial charge in [-0.2, -0.15) is 4.98 Å². The van der Waals surface area contributed by atoms with Crippen LogP contribution in [0, 0.1) is 0 Å². The van der Waals surface area contributed by atoms with Crippen LogP contribution in [0.4, 0.5) is 5.69 Å². The van der Waals surface area contributed by atoms with Crippen molar-refractivity contribution >= 4 is 33.7 Å². The summed E-state index contributed by atoms with van der Waals surface area (Å²) in [7, 11) is 0. The first-order valence-corrected chi connectivity index (χ1v) is 8.01. The molecular formula is C19H13N3O3. The molecule has 0 radical (unpaired) electrons. The first-order chi connectivity index (χ1) is 12.3. The zero-order valence-corrected chi connectivity index (χ0v) is 13.2. The first kappa shape index (κ1) is 14.0. The molecule has 1 N–H and O–H groups in total. The molecule has 6 nitrogen and oxygen atoms in total. The van der Waals surface area contributed by atoms with Gasteiger partial charge in [0.25, 0.3) is 5.88 Å². The Labute approximate surface area is 142 Å². The lowest BCUT2D eigenvalue weighted by molar-refractivity contribution is -0.116. The molecule has 0 unspecified atom stereocenters. The molecule has 1 aliphatic heterocycles. The van der Waals surface area contributed by atoms with E-state index in [0.717, 1.165) is 27.7 Å². The Morgan fingerprint density at radius 2 is 2.00 bits per heavy atom. The monoisotopic (exact) mass is 331 g/mol. The molecule has 0 spiro atoms. The van der Waals surface area contributed by atoms with Gasteiger partial charge in [-0.05, 0) is 42.3 Å². The van der Waals surface area contributed by atoms with E-state index in [9.17, 15) is 4.79 Å². The van der Waals surface area contributed by atoms with Gasteiger partial charge in [0.15, 0.2) is 0 Å². The van der Waals surface area contributed by atoms with Crippen LogP contribution in [0.15, 0.2) is 53.2 Å². The number of hydrogen-bond donors (Lipinski definition) is 1. The summed E-state index contributed by atoms with van der Waals surface area (Å²) in [5.41, 5.74) is 3.88. The number of carbonyl (C=O) groups is 1. The molecule has 0 atom stereocenters. The summed E-state index contributed by atoms with van der Waals surface area (Å²) in [6.07, 6.45) is 2.65. The molecule has 5 rings (SSSR count). The van der Waals surface area contributed by atoms with E-state index in [-0.39, 0.29) is 5.91 Å². The highest BCUT2D eigenvalue weighted by molar-refractivity contribution is 6.03. The van der Waals surface area contributed by atoms with Crippen molar-refractivity contribution in [3.05, 3.63) is 54.4 Å². The largest absolute Gasteiger partial charge is 0.449 e. The Balaban J connectivity index is 1.57. The number of aryl methyl sites for hydroxylation is 1. The lowest BCUT2D eigenvalue weighted by Crippen LogP contribution is -2.18. The van der Waals surface area contributed by atoms with E-state index in [1.807, 2.05) is 36.4 Å². The molecule has 25 heavy (non-hydrogen) atoms. The predicted octanol–water partition coefficient (Wildman–Crippen LogP) is 4.05. The Kier molecular flexibility index (Phi) is 2.97. The maximum atomic E-state index is 11.5. The molecule has 0 aliphatic carbocycles. The normalized spacial score (nSPS) is 13.7. The van der Waals surface area contributed by atoms with Gasteiger partial charge in [0.05, 0.1) is 0 Å². The van der Waals surface area contributed by atoms with Crippen LogP contribution in [0.2, 0.25) is 0 Å². The van der Waals surface area contributed by atoms with Gasteiger partial charge in [-0.15, -0.1) is 0 Å². The van der Waals surface area contributed by atoms with Gasteiger partial charge in [-0.25, -0.2) is 4.98 Å². The summed E-state index contributed by atoms with van der Waals surface area (Å²) in [6, 6.07) is 13.3. The Morgan fingerprint density at radius 1 is 1.08 bits per heavy atom. The van der Waals surface area contributed by atoms with Crippen molar-refractivity contribution in [2.75, 3.05) is 5.32 Å². The second-order valence-electron chi connectivity index (χ2n) is 5.92. The SMILES string of the molecule is O=C1CCc2cc(Oc3ncnc4c3oc3ccccc34)ccc2N1. The number of fused-ring (bicyclic) bond motifs is 4. The van der Waals surface area contributed by atoms with E-state index in [1.165, 1.54) is 6.33 Å². The first-order valence-electron chi connectivity index (χ1n) is 8.01. The topological polar surface area (TPSA) is 77.2 Å². The standard InChI is InChI=1S/C19H13N3O3/c23-16-8-5-11-9-12(6-7-14(11)22-16)24-19-18-17(20-10-21-19)13-3-1-2-4-15(13)25-18/h1-4,6-7,9-10H,5,8H2,(H,22,23). The zero-order valence-electron chi connectivity index (χ0n) is 13.2. The summed E-state index contributed by atoms with van der Waals surface area (Å²) in [6.45, 7) is 0. The second-order valence-corrected chi connectivity index (χ2v) is 5.92. The molecule has 0 saturated heterocycles. The van der Waals surface area contributed by atoms with Crippen LogP contribution in [0.3, 0.4) is 0 Å². The molecule has 2 aromatic heterocycles. The molecule has 1 aliphatic rings. The number of nitrogens with zero attached hydrogens (tertiary/aromatic N) is 2. The maximum absolute atomic E-state index is 11.5. The molecule has 0 bridgehead atoms. The number of nitrogens with one attached hydrogen (secondary N) is 1. The number of benzene rings is 2. The average Bonchev–Trinajstić information content (AvgIpc) is 3.02. The van der Waals surface area contributed by atoms with Crippen LogP contribution in [-0.4, -0.2) is 15.9 Å². The lowest BCUT2D eigenvalue weighted by Gasteiger charge is -2.17. The fourth-order valence-corrected chi connectivity index (χ4v) is 3.11. The molecule has 1 amide bonds. The number of anilines is 1. The highest BCUT2D eigenvalue weighted by Gasteiger charge is 2.17. The number of aromatic nitrogens is 2. The van der Waals surface area contributed by atoms with Crippen molar-refractivity contribution in [1.82, 2.24) is 9.97 Å². The van der Waals surface area contributed by atoms with Gasteiger partial charge >= 0.3 is 0 Å². The fourth-order valence-electron chi connectivity index (χ4n) is 3.11. The van der Waals surface area contributed by atoms with Gasteiger partial charge in [-0.1, -0.05) is 12.1 Å². The predicted molar refractivity (Wildman–Crippen MR) is 92.8 cm³/mol. The molecule has 3 heterocycles. The summed E-state index contributed by atoms with van der Waals surface area (Å²) >= 11 is 0. The molecule has 4 aromatic rings. The molecule has 6 heteroatoms. The average molecular weight is 331 g/mol. The number of rotatable bonds is 2. The van der Waals surface area contributed by atoms with Gasteiger partial charge in [0.2, 0.25) is 11.5 Å². The van der Waals surface area contributed by atoms with E-state index in [1.54, 1.807) is 6.07 Å². The smallest absolute Gasteiger partial charge is 0.267 e. The highest BCUT2D eigenvalue weighted by Crippen LogP contribution is 2.35. The molecular weight excluding hydrogens is 318 g/mol. The number of carbonyl (C=O) groups excluding carboxylic acids is 1. The zero-order chi connectivity index (χ0) is 16.8. The summed E-state index contributed by atoms with van der Waals surface area (Å²) in [5.74, 6) is 1.07. The van der Waals surface area contributed by atoms with Crippen LogP contribution in [0.1, 0.15) is 12.0 Å². The van der Waals surface area contributed by atoms with Crippen molar-refractivity contribution in [3.63, 3.8) is 0 Å². The minimum atomic E-state index is 0.0425. The van der Waals surface area contributed by atoms with Crippen molar-refractivity contribution < 1.29 is 13.9 Å². The van der Waals surface area contributed by atoms with Crippen molar-refractivity contribution in [2.45, 2.75) is 12.8 Å². The van der Waals surface area contributed by atoms with Crippen LogP contribution in [-0.2, 0) is 11.2 Å². The number of amides is 1. The van der Waals surface area contributed by atoms with Crippen molar-refractivity contribution in [1.29, 1.82) is 0 Å². The van der Waals surface area contributed by atoms with Gasteiger partial charge < -0.3 is 14.5 Å². The Hall–Kier alpha value is -3.41. The number of furan rings is 1. The van der Waals surface area contributed by atoms with Crippen molar-refractivity contribution in [2.24, 2.45) is 0 Å². The van der Waals surface area contributed by atoms with Crippen LogP contribution < -0.4 is 10.1 Å². The quantitative estimate of drug-likeness (QED) is 0.599. The second kappa shape index (κ2) is 5.31. The van der Waals surface area contributed by atoms with Gasteiger partial charge in [-0.3, -0.25) is 4.79 Å². The highest BCUT2D eigenvalue weighted by atomic mass is 16.5. The van der Waals surface area contributed by atoms with E-state index in [0.29, 0.717) is 30.1 Å². The van der Waals surface area contributed by atoms with E-state index >= 15 is 0 Å². The van der Waals surface area contributed by atoms with Gasteiger partial charge in [0, 0.05) is 17.5 Å². The third-order valence-corrected chi connectivity index (χ3v) is 4.31. The van der Waals surface area contributed by atoms with Crippen LogP contribution >= 0.6 is 0 Å². The minimum Gasteiger partial charge on any atom is -0.449 e. The molecule has 0 saturated carbocycles. The van der Waals surface area contributed by atoms with Gasteiger partial charge in [0.1, 0.15) is 23.2 Å². The third-order valence-electron chi connectivity index (χ3n) is 4.31. The molecule has 0 fully saturated rings. The maximum Gasteiger partial charge on any atom is 0.267 e. The Bertz CT molecular complexity index is 1130. The van der Waals surface area contributed by atoms with E-state index in [2.05, 4.69) is 15.3 Å². The molecule has 2 aromatic carbocycles. The minimum absolute atomic E-state index is 0.0425.